The van der Waals surface area contributed by atoms with E-state index in [1.807, 2.05) is 44.4 Å². The number of hydrogen-bond acceptors (Lipinski definition) is 5. The molecule has 0 spiro atoms. The van der Waals surface area contributed by atoms with Gasteiger partial charge in [0.25, 0.3) is 0 Å². The van der Waals surface area contributed by atoms with Crippen LogP contribution in [0.15, 0.2) is 58.8 Å². The smallest absolute Gasteiger partial charge is 0.243 e. The van der Waals surface area contributed by atoms with Crippen LogP contribution < -0.4 is 4.74 Å². The molecule has 4 rings (SSSR count). The van der Waals surface area contributed by atoms with E-state index in [2.05, 4.69) is 0 Å². The summed E-state index contributed by atoms with van der Waals surface area (Å²) in [6.45, 7) is 6.49. The molecule has 1 aliphatic heterocycles. The minimum absolute atomic E-state index is 0.0342. The van der Waals surface area contributed by atoms with Crippen molar-refractivity contribution in [2.24, 2.45) is 5.92 Å². The molecule has 37 heavy (non-hydrogen) atoms. The summed E-state index contributed by atoms with van der Waals surface area (Å²) in [5, 5.41) is 3.13. The molecule has 6 nitrogen and oxygen atoms in total. The fraction of sp³-hybridized carbons (Fsp3) is 0.370. The van der Waals surface area contributed by atoms with Gasteiger partial charge < -0.3 is 9.64 Å². The minimum Gasteiger partial charge on any atom is -0.491 e. The normalized spacial score (nSPS) is 15.8. The molecule has 0 unspecified atom stereocenters. The summed E-state index contributed by atoms with van der Waals surface area (Å²) in [5.74, 6) is 0.450. The number of amides is 1. The zero-order chi connectivity index (χ0) is 26.7. The summed E-state index contributed by atoms with van der Waals surface area (Å²) in [4.78, 5) is 16.8. The molecule has 1 atom stereocenters. The standard InChI is InChI=1S/C27H30Cl2N2O4S2/c1-18(2)15-30(37(33,34)22-7-4-20(28)5-8-22)16-27(32)31-12-10-26-23(11-13-36-26)25(31)17-35-21-6-9-24(29)19(3)14-21/h4-9,11,13-14,18,25H,10,12,15-17H2,1-3H3/t25-/m0/s1. The molecular formula is C27H30Cl2N2O4S2. The second-order valence-electron chi connectivity index (χ2n) is 9.52. The zero-order valence-electron chi connectivity index (χ0n) is 21.0. The number of sulfonamides is 1. The monoisotopic (exact) mass is 580 g/mol. The van der Waals surface area contributed by atoms with E-state index in [0.29, 0.717) is 22.3 Å². The van der Waals surface area contributed by atoms with Gasteiger partial charge in [0, 0.05) is 28.0 Å². The number of hydrogen-bond donors (Lipinski definition) is 0. The summed E-state index contributed by atoms with van der Waals surface area (Å²) in [7, 11) is -3.89. The first-order chi connectivity index (χ1) is 17.6. The minimum atomic E-state index is -3.89. The van der Waals surface area contributed by atoms with Crippen LogP contribution in [-0.4, -0.2) is 49.8 Å². The van der Waals surface area contributed by atoms with E-state index in [1.54, 1.807) is 34.4 Å². The number of halogens is 2. The van der Waals surface area contributed by atoms with Crippen LogP contribution in [0, 0.1) is 12.8 Å². The highest BCUT2D eigenvalue weighted by atomic mass is 35.5. The molecule has 2 aromatic carbocycles. The summed E-state index contributed by atoms with van der Waals surface area (Å²) >= 11 is 13.8. The molecule has 0 saturated heterocycles. The summed E-state index contributed by atoms with van der Waals surface area (Å²) < 4.78 is 34.4. The molecule has 1 aliphatic rings. The molecule has 0 fully saturated rings. The molecule has 10 heteroatoms. The first kappa shape index (κ1) is 27.9. The highest BCUT2D eigenvalue weighted by Crippen LogP contribution is 2.34. The largest absolute Gasteiger partial charge is 0.491 e. The van der Waals surface area contributed by atoms with Gasteiger partial charge in [-0.1, -0.05) is 37.0 Å². The van der Waals surface area contributed by atoms with Crippen LogP contribution in [0.25, 0.3) is 0 Å². The number of rotatable bonds is 9. The van der Waals surface area contributed by atoms with Crippen molar-refractivity contribution in [3.05, 3.63) is 80.0 Å². The highest BCUT2D eigenvalue weighted by molar-refractivity contribution is 7.89. The lowest BCUT2D eigenvalue weighted by Gasteiger charge is -2.37. The van der Waals surface area contributed by atoms with Gasteiger partial charge in [-0.25, -0.2) is 8.42 Å². The van der Waals surface area contributed by atoms with Crippen molar-refractivity contribution in [3.63, 3.8) is 0 Å². The van der Waals surface area contributed by atoms with E-state index in [-0.39, 0.29) is 42.5 Å². The average Bonchev–Trinajstić information content (AvgIpc) is 3.33. The predicted octanol–water partition coefficient (Wildman–Crippen LogP) is 6.22. The number of thiophene rings is 1. The average molecular weight is 582 g/mol. The van der Waals surface area contributed by atoms with Crippen molar-refractivity contribution in [1.82, 2.24) is 9.21 Å². The summed E-state index contributed by atoms with van der Waals surface area (Å²) in [6, 6.07) is 13.2. The number of carbonyl (C=O) groups is 1. The molecule has 0 aliphatic carbocycles. The maximum absolute atomic E-state index is 13.7. The lowest BCUT2D eigenvalue weighted by molar-refractivity contribution is -0.135. The lowest BCUT2D eigenvalue weighted by Crippen LogP contribution is -2.48. The Morgan fingerprint density at radius 1 is 1.16 bits per heavy atom. The van der Waals surface area contributed by atoms with Gasteiger partial charge in [0.2, 0.25) is 15.9 Å². The number of fused-ring (bicyclic) bond motifs is 1. The Morgan fingerprint density at radius 3 is 2.57 bits per heavy atom. The lowest BCUT2D eigenvalue weighted by atomic mass is 10.0. The van der Waals surface area contributed by atoms with Crippen molar-refractivity contribution in [3.8, 4) is 5.75 Å². The molecule has 0 bridgehead atoms. The van der Waals surface area contributed by atoms with E-state index >= 15 is 0 Å². The van der Waals surface area contributed by atoms with Crippen molar-refractivity contribution in [2.45, 2.75) is 38.1 Å². The van der Waals surface area contributed by atoms with Crippen LogP contribution >= 0.6 is 34.5 Å². The van der Waals surface area contributed by atoms with Crippen LogP contribution in [-0.2, 0) is 21.2 Å². The van der Waals surface area contributed by atoms with Gasteiger partial charge in [-0.2, -0.15) is 4.31 Å². The summed E-state index contributed by atoms with van der Waals surface area (Å²) in [5.41, 5.74) is 1.95. The Labute approximate surface area is 232 Å². The molecular weight excluding hydrogens is 551 g/mol. The molecule has 198 valence electrons. The van der Waals surface area contributed by atoms with Gasteiger partial charge in [0.05, 0.1) is 17.5 Å². The third-order valence-corrected chi connectivity index (χ3v) is 9.78. The Bertz CT molecular complexity index is 1360. The number of ether oxygens (including phenoxy) is 1. The fourth-order valence-corrected chi connectivity index (χ4v) is 7.13. The molecule has 1 aromatic heterocycles. The SMILES string of the molecule is Cc1cc(OC[C@H]2c3ccsc3CCN2C(=O)CN(CC(C)C)S(=O)(=O)c2ccc(Cl)cc2)ccc1Cl. The highest BCUT2D eigenvalue weighted by Gasteiger charge is 2.35. The Kier molecular flexibility index (Phi) is 8.86. The first-order valence-corrected chi connectivity index (χ1v) is 15.1. The molecule has 0 N–H and O–H groups in total. The van der Waals surface area contributed by atoms with Crippen LogP contribution in [0.2, 0.25) is 10.0 Å². The molecule has 0 radical (unpaired) electrons. The van der Waals surface area contributed by atoms with E-state index in [9.17, 15) is 13.2 Å². The maximum atomic E-state index is 13.7. The van der Waals surface area contributed by atoms with Crippen molar-refractivity contribution in [1.29, 1.82) is 0 Å². The van der Waals surface area contributed by atoms with E-state index in [4.69, 9.17) is 27.9 Å². The third kappa shape index (κ3) is 6.49. The maximum Gasteiger partial charge on any atom is 0.243 e. The van der Waals surface area contributed by atoms with Gasteiger partial charge in [-0.3, -0.25) is 4.79 Å². The second kappa shape index (κ2) is 11.7. The van der Waals surface area contributed by atoms with Gasteiger partial charge in [-0.15, -0.1) is 11.3 Å². The van der Waals surface area contributed by atoms with Gasteiger partial charge in [0.15, 0.2) is 0 Å². The van der Waals surface area contributed by atoms with Gasteiger partial charge in [0.1, 0.15) is 12.4 Å². The molecule has 0 saturated carbocycles. The second-order valence-corrected chi connectivity index (χ2v) is 13.3. The quantitative estimate of drug-likeness (QED) is 0.301. The van der Waals surface area contributed by atoms with Crippen LogP contribution in [0.5, 0.6) is 5.75 Å². The third-order valence-electron chi connectivity index (χ3n) is 6.28. The Morgan fingerprint density at radius 2 is 1.89 bits per heavy atom. The fourth-order valence-electron chi connectivity index (χ4n) is 4.41. The van der Waals surface area contributed by atoms with Crippen LogP contribution in [0.1, 0.15) is 35.9 Å². The molecule has 2 heterocycles. The molecule has 3 aromatic rings. The van der Waals surface area contributed by atoms with Gasteiger partial charge in [-0.05, 0) is 84.3 Å². The Hall–Kier alpha value is -2.10. The van der Waals surface area contributed by atoms with Gasteiger partial charge >= 0.3 is 0 Å². The van der Waals surface area contributed by atoms with Crippen molar-refractivity contribution < 1.29 is 17.9 Å². The topological polar surface area (TPSA) is 66.9 Å². The van der Waals surface area contributed by atoms with Crippen molar-refractivity contribution in [2.75, 3.05) is 26.2 Å². The number of benzene rings is 2. The van der Waals surface area contributed by atoms with E-state index in [1.165, 1.54) is 21.3 Å². The summed E-state index contributed by atoms with van der Waals surface area (Å²) in [6.07, 6.45) is 0.726. The molecule has 1 amide bonds. The predicted molar refractivity (Wildman–Crippen MR) is 149 cm³/mol. The van der Waals surface area contributed by atoms with Crippen molar-refractivity contribution >= 4 is 50.5 Å². The number of aryl methyl sites for hydroxylation is 1. The van der Waals surface area contributed by atoms with E-state index < -0.39 is 10.0 Å². The zero-order valence-corrected chi connectivity index (χ0v) is 24.1. The first-order valence-electron chi connectivity index (χ1n) is 12.1. The number of nitrogens with zero attached hydrogens (tertiary/aromatic N) is 2. The van der Waals surface area contributed by atoms with Crippen LogP contribution in [0.3, 0.4) is 0 Å². The number of carbonyl (C=O) groups excluding carboxylic acids is 1. The van der Waals surface area contributed by atoms with E-state index in [0.717, 1.165) is 17.5 Å². The Balaban J connectivity index is 1.57. The van der Waals surface area contributed by atoms with Crippen LogP contribution in [0.4, 0.5) is 0 Å².